The number of carboxylic acid groups (broad SMARTS) is 1. The van der Waals surface area contributed by atoms with Gasteiger partial charge in [-0.25, -0.2) is 13.2 Å². The highest BCUT2D eigenvalue weighted by atomic mass is 79.9. The zero-order valence-corrected chi connectivity index (χ0v) is 12.9. The molecule has 2 rings (SSSR count). The second kappa shape index (κ2) is 6.11. The lowest BCUT2D eigenvalue weighted by atomic mass is 10.2. The molecule has 0 saturated carbocycles. The van der Waals surface area contributed by atoms with Crippen LogP contribution < -0.4 is 4.72 Å². The third kappa shape index (κ3) is 3.50. The third-order valence-corrected chi connectivity index (χ3v) is 5.62. The minimum atomic E-state index is -3.53. The molecule has 0 spiro atoms. The fraction of sp³-hybridized carbons (Fsp3) is 0.417. The Labute approximate surface area is 125 Å². The summed E-state index contributed by atoms with van der Waals surface area (Å²) in [7, 11) is -3.53. The normalized spacial score (nSPS) is 16.9. The Morgan fingerprint density at radius 2 is 2.00 bits per heavy atom. The van der Waals surface area contributed by atoms with Crippen LogP contribution in [0.2, 0.25) is 0 Å². The number of aromatic carboxylic acids is 1. The summed E-state index contributed by atoms with van der Waals surface area (Å²) >= 11 is 3.11. The van der Waals surface area contributed by atoms with Crippen LogP contribution in [0.1, 0.15) is 23.2 Å². The zero-order chi connectivity index (χ0) is 14.8. The van der Waals surface area contributed by atoms with Gasteiger partial charge in [-0.05, 0) is 47.0 Å². The first-order chi connectivity index (χ1) is 9.40. The average molecular weight is 364 g/mol. The van der Waals surface area contributed by atoms with Crippen molar-refractivity contribution in [3.63, 3.8) is 0 Å². The van der Waals surface area contributed by atoms with E-state index < -0.39 is 21.2 Å². The molecule has 1 heterocycles. The van der Waals surface area contributed by atoms with E-state index in [1.54, 1.807) is 0 Å². The van der Waals surface area contributed by atoms with E-state index in [2.05, 4.69) is 20.7 Å². The molecule has 110 valence electrons. The number of anilines is 1. The fourth-order valence-electron chi connectivity index (χ4n) is 1.99. The topological polar surface area (TPSA) is 92.7 Å². The SMILES string of the molecule is O=C(O)c1cc(NS(=O)(=O)C2CCOCC2)ccc1Br. The minimum absolute atomic E-state index is 0.0113. The Hall–Kier alpha value is -1.12. The molecule has 1 aromatic carbocycles. The Bertz CT molecular complexity index is 610. The summed E-state index contributed by atoms with van der Waals surface area (Å²) in [5.74, 6) is -1.12. The van der Waals surface area contributed by atoms with E-state index in [1.165, 1.54) is 18.2 Å². The highest BCUT2D eigenvalue weighted by Gasteiger charge is 2.27. The molecule has 2 N–H and O–H groups in total. The van der Waals surface area contributed by atoms with Crippen LogP contribution in [0.3, 0.4) is 0 Å². The lowest BCUT2D eigenvalue weighted by Gasteiger charge is -2.22. The number of nitrogens with one attached hydrogen (secondary N) is 1. The van der Waals surface area contributed by atoms with Crippen molar-refractivity contribution in [2.24, 2.45) is 0 Å². The van der Waals surface area contributed by atoms with Gasteiger partial charge in [0.1, 0.15) is 0 Å². The molecule has 1 aromatic rings. The summed E-state index contributed by atoms with van der Waals surface area (Å²) in [4.78, 5) is 11.0. The van der Waals surface area contributed by atoms with E-state index in [-0.39, 0.29) is 11.3 Å². The third-order valence-electron chi connectivity index (χ3n) is 3.06. The molecular weight excluding hydrogens is 350 g/mol. The molecule has 0 unspecified atom stereocenters. The maximum atomic E-state index is 12.2. The Kier molecular flexibility index (Phi) is 4.66. The lowest BCUT2D eigenvalue weighted by Crippen LogP contribution is -2.33. The highest BCUT2D eigenvalue weighted by molar-refractivity contribution is 9.10. The molecule has 8 heteroatoms. The van der Waals surface area contributed by atoms with E-state index in [9.17, 15) is 13.2 Å². The van der Waals surface area contributed by atoms with Crippen molar-refractivity contribution in [3.8, 4) is 0 Å². The van der Waals surface area contributed by atoms with E-state index in [0.29, 0.717) is 30.5 Å². The van der Waals surface area contributed by atoms with Gasteiger partial charge < -0.3 is 9.84 Å². The van der Waals surface area contributed by atoms with Crippen molar-refractivity contribution >= 4 is 37.6 Å². The average Bonchev–Trinajstić information content (AvgIpc) is 2.41. The molecule has 6 nitrogen and oxygen atoms in total. The summed E-state index contributed by atoms with van der Waals surface area (Å²) in [5.41, 5.74) is 0.259. The molecule has 20 heavy (non-hydrogen) atoms. The molecule has 0 aliphatic carbocycles. The standard InChI is InChI=1S/C12H14BrNO5S/c13-11-2-1-8(7-10(11)12(15)16)14-20(17,18)9-3-5-19-6-4-9/h1-2,7,9,14H,3-6H2,(H,15,16). The number of benzene rings is 1. The number of halogens is 1. The van der Waals surface area contributed by atoms with Crippen LogP contribution in [0, 0.1) is 0 Å². The van der Waals surface area contributed by atoms with Crippen molar-refractivity contribution in [1.82, 2.24) is 0 Å². The van der Waals surface area contributed by atoms with Crippen LogP contribution >= 0.6 is 15.9 Å². The summed E-state index contributed by atoms with van der Waals surface area (Å²) < 4.78 is 32.4. The minimum Gasteiger partial charge on any atom is -0.478 e. The molecule has 0 radical (unpaired) electrons. The molecule has 0 atom stereocenters. The lowest BCUT2D eigenvalue weighted by molar-refractivity contribution is 0.0696. The van der Waals surface area contributed by atoms with E-state index >= 15 is 0 Å². The van der Waals surface area contributed by atoms with Gasteiger partial charge in [0, 0.05) is 23.4 Å². The van der Waals surface area contributed by atoms with Gasteiger partial charge in [-0.3, -0.25) is 4.72 Å². The highest BCUT2D eigenvalue weighted by Crippen LogP contribution is 2.24. The van der Waals surface area contributed by atoms with Gasteiger partial charge in [0.05, 0.1) is 10.8 Å². The van der Waals surface area contributed by atoms with Crippen molar-refractivity contribution in [3.05, 3.63) is 28.2 Å². The molecule has 0 bridgehead atoms. The van der Waals surface area contributed by atoms with Gasteiger partial charge in [0.15, 0.2) is 0 Å². The first kappa shape index (κ1) is 15.3. The van der Waals surface area contributed by atoms with E-state index in [0.717, 1.165) is 0 Å². The van der Waals surface area contributed by atoms with Crippen LogP contribution in [0.4, 0.5) is 5.69 Å². The van der Waals surface area contributed by atoms with Crippen LogP contribution in [-0.2, 0) is 14.8 Å². The second-order valence-electron chi connectivity index (χ2n) is 4.46. The quantitative estimate of drug-likeness (QED) is 0.853. The van der Waals surface area contributed by atoms with Crippen molar-refractivity contribution in [2.75, 3.05) is 17.9 Å². The Morgan fingerprint density at radius 1 is 1.35 bits per heavy atom. The molecule has 1 aliphatic rings. The summed E-state index contributed by atoms with van der Waals surface area (Å²) in [5, 5.41) is 8.51. The number of ether oxygens (including phenoxy) is 1. The molecule has 1 aliphatic heterocycles. The molecular formula is C12H14BrNO5S. The smallest absolute Gasteiger partial charge is 0.336 e. The van der Waals surface area contributed by atoms with Gasteiger partial charge in [-0.15, -0.1) is 0 Å². The number of rotatable bonds is 4. The predicted molar refractivity (Wildman–Crippen MR) is 77.5 cm³/mol. The van der Waals surface area contributed by atoms with Crippen LogP contribution in [0.15, 0.2) is 22.7 Å². The number of hydrogen-bond donors (Lipinski definition) is 2. The van der Waals surface area contributed by atoms with Crippen molar-refractivity contribution in [2.45, 2.75) is 18.1 Å². The number of hydrogen-bond acceptors (Lipinski definition) is 4. The number of carbonyl (C=O) groups is 1. The second-order valence-corrected chi connectivity index (χ2v) is 7.27. The van der Waals surface area contributed by atoms with E-state index in [1.807, 2.05) is 0 Å². The van der Waals surface area contributed by atoms with Crippen molar-refractivity contribution < 1.29 is 23.1 Å². The summed E-state index contributed by atoms with van der Waals surface area (Å²) in [6, 6.07) is 4.32. The number of sulfonamides is 1. The fourth-order valence-corrected chi connectivity index (χ4v) is 3.84. The maximum absolute atomic E-state index is 12.2. The largest absolute Gasteiger partial charge is 0.478 e. The summed E-state index contributed by atoms with van der Waals surface area (Å²) in [6.07, 6.45) is 0.884. The summed E-state index contributed by atoms with van der Waals surface area (Å²) in [6.45, 7) is 0.846. The maximum Gasteiger partial charge on any atom is 0.336 e. The van der Waals surface area contributed by atoms with Gasteiger partial charge >= 0.3 is 5.97 Å². The molecule has 0 aromatic heterocycles. The van der Waals surface area contributed by atoms with Crippen LogP contribution in [-0.4, -0.2) is 38.0 Å². The van der Waals surface area contributed by atoms with E-state index in [4.69, 9.17) is 9.84 Å². The Balaban J connectivity index is 2.20. The molecule has 1 saturated heterocycles. The first-order valence-corrected chi connectivity index (χ1v) is 8.36. The first-order valence-electron chi connectivity index (χ1n) is 6.02. The predicted octanol–water partition coefficient (Wildman–Crippen LogP) is 2.07. The molecule has 0 amide bonds. The van der Waals surface area contributed by atoms with Crippen molar-refractivity contribution in [1.29, 1.82) is 0 Å². The van der Waals surface area contributed by atoms with Gasteiger partial charge in [-0.2, -0.15) is 0 Å². The zero-order valence-electron chi connectivity index (χ0n) is 10.5. The monoisotopic (exact) mass is 363 g/mol. The number of carboxylic acids is 1. The van der Waals surface area contributed by atoms with Gasteiger partial charge in [0.2, 0.25) is 10.0 Å². The molecule has 1 fully saturated rings. The van der Waals surface area contributed by atoms with Gasteiger partial charge in [-0.1, -0.05) is 0 Å². The van der Waals surface area contributed by atoms with Crippen LogP contribution in [0.25, 0.3) is 0 Å². The Morgan fingerprint density at radius 3 is 2.60 bits per heavy atom. The van der Waals surface area contributed by atoms with Crippen LogP contribution in [0.5, 0.6) is 0 Å². The van der Waals surface area contributed by atoms with Gasteiger partial charge in [0.25, 0.3) is 0 Å².